The minimum absolute atomic E-state index is 0.141. The molecule has 0 aliphatic carbocycles. The first kappa shape index (κ1) is 29.5. The van der Waals surface area contributed by atoms with Crippen LogP contribution in [0.25, 0.3) is 11.1 Å². The van der Waals surface area contributed by atoms with E-state index in [1.165, 1.54) is 6.20 Å². The fourth-order valence-corrected chi connectivity index (χ4v) is 5.62. The van der Waals surface area contributed by atoms with Gasteiger partial charge in [-0.05, 0) is 53.6 Å². The number of hydrogen-bond acceptors (Lipinski definition) is 6. The van der Waals surface area contributed by atoms with E-state index in [9.17, 15) is 14.4 Å². The van der Waals surface area contributed by atoms with Gasteiger partial charge in [-0.15, -0.1) is 0 Å². The van der Waals surface area contributed by atoms with Crippen molar-refractivity contribution in [3.8, 4) is 22.6 Å². The SMILES string of the molecule is O=C1COc2cccc(c2)-c2cncc(c2)C(=O)N[C@@H]2CN(C(=O)c3cccc(Cl)c3Cl)CC[C@@H]2Oc2ccc(cc2)CN1. The van der Waals surface area contributed by atoms with Crippen LogP contribution in [0.2, 0.25) is 10.0 Å². The number of rotatable bonds is 1. The molecule has 3 aliphatic rings. The molecule has 1 fully saturated rings. The zero-order valence-corrected chi connectivity index (χ0v) is 25.0. The van der Waals surface area contributed by atoms with Crippen molar-refractivity contribution in [1.29, 1.82) is 0 Å². The fraction of sp³-hybridized carbons (Fsp3) is 0.212. The second-order valence-corrected chi connectivity index (χ2v) is 11.4. The lowest BCUT2D eigenvalue weighted by Crippen LogP contribution is -2.58. The van der Waals surface area contributed by atoms with Gasteiger partial charge in [0.05, 0.1) is 27.2 Å². The molecule has 11 heteroatoms. The van der Waals surface area contributed by atoms with Crippen molar-refractivity contribution < 1.29 is 23.9 Å². The fourth-order valence-electron chi connectivity index (χ4n) is 5.23. The molecule has 3 aromatic carbocycles. The van der Waals surface area contributed by atoms with Gasteiger partial charge in [-0.25, -0.2) is 0 Å². The molecule has 4 aromatic rings. The second-order valence-electron chi connectivity index (χ2n) is 10.6. The highest BCUT2D eigenvalue weighted by atomic mass is 35.5. The zero-order valence-electron chi connectivity index (χ0n) is 23.5. The summed E-state index contributed by atoms with van der Waals surface area (Å²) < 4.78 is 12.1. The van der Waals surface area contributed by atoms with Gasteiger partial charge >= 0.3 is 0 Å². The molecule has 7 rings (SSSR count). The van der Waals surface area contributed by atoms with Crippen molar-refractivity contribution in [3.05, 3.63) is 112 Å². The van der Waals surface area contributed by atoms with E-state index in [-0.39, 0.29) is 35.9 Å². The summed E-state index contributed by atoms with van der Waals surface area (Å²) in [6, 6.07) is 20.7. The Morgan fingerprint density at radius 1 is 0.909 bits per heavy atom. The molecule has 0 saturated carbocycles. The number of nitrogens with zero attached hydrogens (tertiary/aromatic N) is 2. The molecule has 1 saturated heterocycles. The number of amides is 3. The Morgan fingerprint density at radius 2 is 1.70 bits per heavy atom. The predicted molar refractivity (Wildman–Crippen MR) is 166 cm³/mol. The zero-order chi connectivity index (χ0) is 30.6. The number of aromatic nitrogens is 1. The minimum Gasteiger partial charge on any atom is -0.488 e. The highest BCUT2D eigenvalue weighted by molar-refractivity contribution is 6.43. The van der Waals surface area contributed by atoms with E-state index < -0.39 is 12.1 Å². The van der Waals surface area contributed by atoms with Crippen LogP contribution in [-0.2, 0) is 11.3 Å². The molecule has 6 bridgehead atoms. The molecule has 44 heavy (non-hydrogen) atoms. The van der Waals surface area contributed by atoms with Gasteiger partial charge in [0.2, 0.25) is 0 Å². The van der Waals surface area contributed by atoms with Crippen molar-refractivity contribution in [2.45, 2.75) is 25.1 Å². The van der Waals surface area contributed by atoms with Gasteiger partial charge < -0.3 is 25.0 Å². The molecule has 224 valence electrons. The molecule has 9 nitrogen and oxygen atoms in total. The molecule has 1 aromatic heterocycles. The van der Waals surface area contributed by atoms with Crippen LogP contribution in [0.1, 0.15) is 32.7 Å². The largest absolute Gasteiger partial charge is 0.488 e. The number of benzene rings is 3. The maximum Gasteiger partial charge on any atom is 0.258 e. The van der Waals surface area contributed by atoms with Crippen LogP contribution in [0.15, 0.2) is 85.2 Å². The summed E-state index contributed by atoms with van der Waals surface area (Å²) in [7, 11) is 0. The number of nitrogens with one attached hydrogen (secondary N) is 2. The predicted octanol–water partition coefficient (Wildman–Crippen LogP) is 5.16. The first-order chi connectivity index (χ1) is 21.3. The number of hydrogen-bond donors (Lipinski definition) is 2. The van der Waals surface area contributed by atoms with Crippen LogP contribution < -0.4 is 20.1 Å². The molecule has 2 N–H and O–H groups in total. The van der Waals surface area contributed by atoms with Gasteiger partial charge in [0.25, 0.3) is 17.7 Å². The number of ether oxygens (including phenoxy) is 2. The molecule has 0 radical (unpaired) electrons. The summed E-state index contributed by atoms with van der Waals surface area (Å²) in [5, 5.41) is 6.43. The number of likely N-dealkylation sites (tertiary alicyclic amines) is 1. The number of carbonyl (C=O) groups excluding carboxylic acids is 3. The lowest BCUT2D eigenvalue weighted by atomic mass is 9.99. The number of piperidine rings is 1. The number of halogens is 2. The summed E-state index contributed by atoms with van der Waals surface area (Å²) in [5.74, 6) is 0.212. The van der Waals surface area contributed by atoms with Crippen molar-refractivity contribution in [2.24, 2.45) is 0 Å². The summed E-state index contributed by atoms with van der Waals surface area (Å²) in [6.07, 6.45) is 3.16. The Balaban J connectivity index is 1.31. The molecule has 4 heterocycles. The molecular formula is C33H28Cl2N4O5. The lowest BCUT2D eigenvalue weighted by Gasteiger charge is -2.39. The molecule has 3 amide bonds. The van der Waals surface area contributed by atoms with E-state index in [2.05, 4.69) is 15.6 Å². The van der Waals surface area contributed by atoms with Crippen molar-refractivity contribution in [1.82, 2.24) is 20.5 Å². The number of fused-ring (bicyclic) bond motifs is 7. The lowest BCUT2D eigenvalue weighted by molar-refractivity contribution is -0.123. The molecular weight excluding hydrogens is 603 g/mol. The Labute approximate surface area is 264 Å². The quantitative estimate of drug-likeness (QED) is 0.301. The van der Waals surface area contributed by atoms with Gasteiger partial charge in [0.1, 0.15) is 17.6 Å². The summed E-state index contributed by atoms with van der Waals surface area (Å²) in [6.45, 7) is 0.761. The Morgan fingerprint density at radius 3 is 2.55 bits per heavy atom. The highest BCUT2D eigenvalue weighted by Gasteiger charge is 2.35. The number of carbonyl (C=O) groups is 3. The van der Waals surface area contributed by atoms with Gasteiger partial charge in [0.15, 0.2) is 6.61 Å². The van der Waals surface area contributed by atoms with Crippen LogP contribution in [0.3, 0.4) is 0 Å². The number of pyridine rings is 1. The molecule has 0 spiro atoms. The average molecular weight is 632 g/mol. The van der Waals surface area contributed by atoms with Crippen LogP contribution in [0.5, 0.6) is 11.5 Å². The average Bonchev–Trinajstić information content (AvgIpc) is 3.05. The van der Waals surface area contributed by atoms with Crippen molar-refractivity contribution >= 4 is 40.9 Å². The Kier molecular flexibility index (Phi) is 8.67. The van der Waals surface area contributed by atoms with E-state index in [1.807, 2.05) is 36.4 Å². The van der Waals surface area contributed by atoms with E-state index in [1.54, 1.807) is 47.5 Å². The first-order valence-corrected chi connectivity index (χ1v) is 14.8. The minimum atomic E-state index is -0.553. The van der Waals surface area contributed by atoms with E-state index in [0.717, 1.165) is 11.1 Å². The normalized spacial score (nSPS) is 18.6. The van der Waals surface area contributed by atoms with Crippen molar-refractivity contribution in [2.75, 3.05) is 19.7 Å². The maximum absolute atomic E-state index is 13.6. The summed E-state index contributed by atoms with van der Waals surface area (Å²) >= 11 is 12.5. The third-order valence-electron chi connectivity index (χ3n) is 7.57. The Bertz CT molecular complexity index is 1710. The maximum atomic E-state index is 13.6. The third-order valence-corrected chi connectivity index (χ3v) is 8.39. The highest BCUT2D eigenvalue weighted by Crippen LogP contribution is 2.29. The molecule has 0 unspecified atom stereocenters. The van der Waals surface area contributed by atoms with E-state index >= 15 is 0 Å². The van der Waals surface area contributed by atoms with Crippen LogP contribution in [0, 0.1) is 0 Å². The molecule has 3 aliphatic heterocycles. The van der Waals surface area contributed by atoms with Crippen LogP contribution in [0.4, 0.5) is 0 Å². The standard InChI is InChI=1S/C33H28Cl2N4O5/c34-27-6-2-5-26(31(27)35)33(42)39-12-11-29-28(18-39)38-32(41)23-13-22(16-36-17-23)21-3-1-4-25(14-21)43-19-30(40)37-15-20-7-9-24(44-29)10-8-20/h1-10,13-14,16-17,28-29H,11-12,15,18-19H2,(H,37,40)(H,38,41)/t28-,29+/m1/s1. The van der Waals surface area contributed by atoms with Crippen LogP contribution >= 0.6 is 23.2 Å². The second kappa shape index (κ2) is 13.0. The topological polar surface area (TPSA) is 110 Å². The van der Waals surface area contributed by atoms with E-state index in [4.69, 9.17) is 32.7 Å². The van der Waals surface area contributed by atoms with Crippen LogP contribution in [-0.4, -0.2) is 59.4 Å². The smallest absolute Gasteiger partial charge is 0.258 e. The monoisotopic (exact) mass is 630 g/mol. The van der Waals surface area contributed by atoms with E-state index in [0.29, 0.717) is 52.7 Å². The Hall–Kier alpha value is -4.60. The first-order valence-electron chi connectivity index (χ1n) is 14.1. The van der Waals surface area contributed by atoms with Gasteiger partial charge in [0, 0.05) is 44.0 Å². The summed E-state index contributed by atoms with van der Waals surface area (Å²) in [4.78, 5) is 45.5. The van der Waals surface area contributed by atoms with Gasteiger partial charge in [-0.1, -0.05) is 53.5 Å². The van der Waals surface area contributed by atoms with Gasteiger partial charge in [-0.2, -0.15) is 0 Å². The summed E-state index contributed by atoms with van der Waals surface area (Å²) in [5.41, 5.74) is 2.99. The third kappa shape index (κ3) is 6.64. The molecule has 2 atom stereocenters. The van der Waals surface area contributed by atoms with Crippen molar-refractivity contribution in [3.63, 3.8) is 0 Å². The van der Waals surface area contributed by atoms with Gasteiger partial charge in [-0.3, -0.25) is 19.4 Å².